The van der Waals surface area contributed by atoms with E-state index in [0.717, 1.165) is 0 Å². The predicted octanol–water partition coefficient (Wildman–Crippen LogP) is -1.56. The Balaban J connectivity index is 0. The summed E-state index contributed by atoms with van der Waals surface area (Å²) in [7, 11) is 0. The van der Waals surface area contributed by atoms with Gasteiger partial charge in [-0.05, 0) is 0 Å². The second kappa shape index (κ2) is 10.1. The molecule has 0 bridgehead atoms. The van der Waals surface area contributed by atoms with Crippen LogP contribution in [0, 0.1) is 6.54 Å². The van der Waals surface area contributed by atoms with Crippen LogP contribution in [0.2, 0.25) is 0 Å². The average Bonchev–Trinajstić information content (AvgIpc) is 1.61. The van der Waals surface area contributed by atoms with Gasteiger partial charge in [0.05, 0.1) is 0 Å². The topological polar surface area (TPSA) is 12.4 Å². The van der Waals surface area contributed by atoms with Gasteiger partial charge in [-0.15, -0.1) is 12.2 Å². The van der Waals surface area contributed by atoms with E-state index in [9.17, 15) is 0 Å². The summed E-state index contributed by atoms with van der Waals surface area (Å²) >= 11 is 4.22. The number of hydrogen-bond acceptors (Lipinski definition) is 2. The van der Waals surface area contributed by atoms with Crippen LogP contribution < -0.4 is 51.4 Å². The van der Waals surface area contributed by atoms with Crippen LogP contribution in [0.5, 0.6) is 0 Å². The fraction of sp³-hybridized carbons (Fsp3) is 0. The van der Waals surface area contributed by atoms with E-state index in [1.807, 2.05) is 0 Å². The van der Waals surface area contributed by atoms with Crippen LogP contribution in [-0.4, -0.2) is 5.16 Å². The molecule has 0 rings (SSSR count). The van der Waals surface area contributed by atoms with Gasteiger partial charge < -0.3 is 4.99 Å². The first-order valence-electron chi connectivity index (χ1n) is 1.43. The van der Waals surface area contributed by atoms with E-state index in [1.165, 1.54) is 6.54 Å². The van der Waals surface area contributed by atoms with Crippen molar-refractivity contribution in [2.45, 2.75) is 0 Å². The monoisotopic (exact) mass is 137 g/mol. The molecule has 0 saturated heterocycles. The van der Waals surface area contributed by atoms with Crippen LogP contribution in [0.1, 0.15) is 0 Å². The van der Waals surface area contributed by atoms with E-state index < -0.39 is 0 Å². The van der Waals surface area contributed by atoms with Gasteiger partial charge in [0, 0.05) is 0 Å². The molecule has 32 valence electrons. The molecular formula is C4H4KNS. The molecule has 0 aliphatic rings. The van der Waals surface area contributed by atoms with E-state index in [1.54, 1.807) is 6.08 Å². The van der Waals surface area contributed by atoms with Gasteiger partial charge in [-0.3, -0.25) is 0 Å². The van der Waals surface area contributed by atoms with Crippen LogP contribution >= 0.6 is 12.2 Å². The molecule has 0 spiro atoms. The van der Waals surface area contributed by atoms with Crippen LogP contribution in [0.25, 0.3) is 0 Å². The summed E-state index contributed by atoms with van der Waals surface area (Å²) in [4.78, 5) is 3.41. The second-order valence-electron chi connectivity index (χ2n) is 0.605. The summed E-state index contributed by atoms with van der Waals surface area (Å²) < 4.78 is 0. The summed E-state index contributed by atoms with van der Waals surface area (Å²) in [6.45, 7) is 4.84. The Labute approximate surface area is 91.3 Å². The molecule has 1 nitrogen and oxygen atoms in total. The van der Waals surface area contributed by atoms with E-state index in [2.05, 4.69) is 29.0 Å². The molecule has 0 amide bonds. The fourth-order valence-electron chi connectivity index (χ4n) is 0.0831. The smallest absolute Gasteiger partial charge is 0.341 e. The first-order chi connectivity index (χ1) is 2.91. The van der Waals surface area contributed by atoms with Gasteiger partial charge in [0.25, 0.3) is 0 Å². The number of thiocarbonyl (C=S) groups is 1. The Morgan fingerprint density at radius 2 is 2.43 bits per heavy atom. The minimum Gasteiger partial charge on any atom is -0.341 e. The average molecular weight is 137 g/mol. The van der Waals surface area contributed by atoms with E-state index >= 15 is 0 Å². The van der Waals surface area contributed by atoms with Crippen molar-refractivity contribution in [1.82, 2.24) is 0 Å². The minimum atomic E-state index is 0. The second-order valence-corrected chi connectivity index (χ2v) is 0.788. The number of aliphatic imine (C=N–C) groups is 1. The molecule has 0 radical (unpaired) electrons. The molecule has 0 heterocycles. The van der Waals surface area contributed by atoms with E-state index in [0.29, 0.717) is 0 Å². The van der Waals surface area contributed by atoms with Crippen molar-refractivity contribution in [3.05, 3.63) is 19.2 Å². The zero-order valence-electron chi connectivity index (χ0n) is 4.22. The van der Waals surface area contributed by atoms with Crippen LogP contribution in [0.3, 0.4) is 0 Å². The third kappa shape index (κ3) is 11.0. The number of hydrogen-bond donors (Lipinski definition) is 0. The maximum absolute atomic E-state index is 4.22. The van der Waals surface area contributed by atoms with Crippen molar-refractivity contribution in [3.8, 4) is 0 Å². The van der Waals surface area contributed by atoms with Crippen LogP contribution in [0.4, 0.5) is 0 Å². The fourth-order valence-corrected chi connectivity index (χ4v) is 0.144. The zero-order valence-corrected chi connectivity index (χ0v) is 8.16. The van der Waals surface area contributed by atoms with Crippen LogP contribution in [-0.2, 0) is 0 Å². The Morgan fingerprint density at radius 3 is 2.57 bits per heavy atom. The van der Waals surface area contributed by atoms with Crippen molar-refractivity contribution in [1.29, 1.82) is 0 Å². The number of nitrogens with zero attached hydrogens (tertiary/aromatic N) is 1. The van der Waals surface area contributed by atoms with Crippen molar-refractivity contribution >= 4 is 17.4 Å². The Bertz CT molecular complexity index is 85.7. The van der Waals surface area contributed by atoms with E-state index in [-0.39, 0.29) is 51.4 Å². The quantitative estimate of drug-likeness (QED) is 0.194. The summed E-state index contributed by atoms with van der Waals surface area (Å²) in [6, 6.07) is 0. The van der Waals surface area contributed by atoms with Crippen LogP contribution in [0.15, 0.2) is 17.6 Å². The number of isothiocyanates is 1. The molecule has 0 aliphatic heterocycles. The van der Waals surface area contributed by atoms with Crippen molar-refractivity contribution < 1.29 is 51.4 Å². The van der Waals surface area contributed by atoms with Crippen molar-refractivity contribution in [2.24, 2.45) is 4.99 Å². The molecule has 0 aliphatic carbocycles. The van der Waals surface area contributed by atoms with Gasteiger partial charge >= 0.3 is 51.4 Å². The predicted molar refractivity (Wildman–Crippen MR) is 29.5 cm³/mol. The number of rotatable bonds is 2. The van der Waals surface area contributed by atoms with E-state index in [4.69, 9.17) is 0 Å². The molecule has 0 unspecified atom stereocenters. The summed E-state index contributed by atoms with van der Waals surface area (Å²) in [5.41, 5.74) is 0. The molecule has 0 atom stereocenters. The third-order valence-corrected chi connectivity index (χ3v) is 0.338. The molecule has 0 N–H and O–H groups in total. The summed E-state index contributed by atoms with van der Waals surface area (Å²) in [5.74, 6) is 0. The van der Waals surface area contributed by atoms with Gasteiger partial charge in [-0.1, -0.05) is 11.7 Å². The summed E-state index contributed by atoms with van der Waals surface area (Å²) in [6.07, 6.45) is 1.54. The minimum absolute atomic E-state index is 0. The molecule has 0 aromatic rings. The van der Waals surface area contributed by atoms with Gasteiger partial charge in [0.15, 0.2) is 0 Å². The third-order valence-electron chi connectivity index (χ3n) is 0.233. The standard InChI is InChI=1S/C4H4NS.K/c1-2-3-5-4-6;/h2-3H,1H2;/q-1;+1. The molecule has 7 heavy (non-hydrogen) atoms. The van der Waals surface area contributed by atoms with Gasteiger partial charge in [-0.25, -0.2) is 0 Å². The molecular weight excluding hydrogens is 133 g/mol. The first kappa shape index (κ1) is 10.9. The van der Waals surface area contributed by atoms with Gasteiger partial charge in [0.1, 0.15) is 0 Å². The Kier molecular flexibility index (Phi) is 15.8. The van der Waals surface area contributed by atoms with Crippen molar-refractivity contribution in [3.63, 3.8) is 0 Å². The molecule has 0 saturated carbocycles. The first-order valence-corrected chi connectivity index (χ1v) is 1.84. The maximum Gasteiger partial charge on any atom is 1.00 e. The van der Waals surface area contributed by atoms with Gasteiger partial charge in [-0.2, -0.15) is 12.7 Å². The normalized spacial score (nSPS) is 4.57. The molecule has 3 heteroatoms. The Morgan fingerprint density at radius 1 is 1.86 bits per heavy atom. The zero-order chi connectivity index (χ0) is 4.83. The largest absolute Gasteiger partial charge is 1.00 e. The Hall–Kier alpha value is 1.05. The molecule has 0 aromatic heterocycles. The van der Waals surface area contributed by atoms with Gasteiger partial charge in [0.2, 0.25) is 0 Å². The molecule has 0 aromatic carbocycles. The SMILES string of the molecule is C=C[CH-]N=C=S.[K+]. The summed E-state index contributed by atoms with van der Waals surface area (Å²) in [5, 5.41) is 2.15. The van der Waals surface area contributed by atoms with Crippen molar-refractivity contribution in [2.75, 3.05) is 0 Å². The maximum atomic E-state index is 4.22. The molecule has 0 fully saturated rings.